The summed E-state index contributed by atoms with van der Waals surface area (Å²) < 4.78 is 30.1. The van der Waals surface area contributed by atoms with Crippen molar-refractivity contribution in [3.63, 3.8) is 0 Å². The molecule has 1 unspecified atom stereocenters. The second kappa shape index (κ2) is 13.2. The molecule has 4 amide bonds. The predicted octanol–water partition coefficient (Wildman–Crippen LogP) is 4.50. The number of amides is 4. The number of hydrogen-bond donors (Lipinski definition) is 4. The number of nitrogens with one attached hydrogen (secondary N) is 4. The van der Waals surface area contributed by atoms with Crippen molar-refractivity contribution in [2.75, 3.05) is 13.1 Å². The van der Waals surface area contributed by atoms with Gasteiger partial charge in [0.25, 0.3) is 0 Å². The van der Waals surface area contributed by atoms with Crippen LogP contribution in [0.2, 0.25) is 0 Å². The Hall–Kier alpha value is -4.26. The SMILES string of the molecule is C=C[C@@H]1C[C@]1(CC(=O)[C@@H]1C[C@@H]2CN1C(=O)[C@H](C(C)(C)C)NC(=O)NCCC/C=C/c1ccc3ccnc(c3c1)O2)C(=O)NS(=N)(=O)C1CC1. The van der Waals surface area contributed by atoms with Gasteiger partial charge in [-0.1, -0.05) is 51.1 Å². The Morgan fingerprint density at radius 1 is 1.24 bits per heavy atom. The highest BCUT2D eigenvalue weighted by atomic mass is 32.2. The summed E-state index contributed by atoms with van der Waals surface area (Å²) in [7, 11) is -3.34. The second-order valence-corrected chi connectivity index (χ2v) is 17.0. The number of carbonyl (C=O) groups excluding carboxylic acids is 4. The lowest BCUT2D eigenvalue weighted by Gasteiger charge is -2.35. The Balaban J connectivity index is 1.33. The van der Waals surface area contributed by atoms with Crippen molar-refractivity contribution in [3.05, 3.63) is 54.8 Å². The van der Waals surface area contributed by atoms with Crippen LogP contribution >= 0.6 is 0 Å². The molecule has 13 heteroatoms. The Morgan fingerprint density at radius 2 is 2.02 bits per heavy atom. The summed E-state index contributed by atoms with van der Waals surface area (Å²) in [5.41, 5.74) is -0.939. The normalized spacial score (nSPS) is 29.4. The fourth-order valence-electron chi connectivity index (χ4n) is 6.92. The summed E-state index contributed by atoms with van der Waals surface area (Å²) >= 11 is 0. The van der Waals surface area contributed by atoms with Gasteiger partial charge in [0.15, 0.2) is 5.78 Å². The molecule has 0 spiro atoms. The number of aromatic nitrogens is 1. The summed E-state index contributed by atoms with van der Waals surface area (Å²) in [5, 5.41) is 7.07. The third-order valence-corrected chi connectivity index (χ3v) is 12.0. The summed E-state index contributed by atoms with van der Waals surface area (Å²) in [5.74, 6) is -1.31. The number of ether oxygens (including phenoxy) is 1. The van der Waals surface area contributed by atoms with Gasteiger partial charge in [-0.05, 0) is 66.5 Å². The van der Waals surface area contributed by atoms with E-state index in [1.54, 1.807) is 12.3 Å². The Bertz CT molecular complexity index is 1820. The maximum atomic E-state index is 14.4. The Kier molecular flexibility index (Phi) is 9.33. The number of Topliss-reactive ketones (excluding diaryl/α,β-unsaturated/α-hetero) is 1. The van der Waals surface area contributed by atoms with Crippen molar-refractivity contribution in [2.24, 2.45) is 16.7 Å². The summed E-state index contributed by atoms with van der Waals surface area (Å²) in [6.45, 7) is 9.86. The number of hydrogen-bond acceptors (Lipinski definition) is 8. The van der Waals surface area contributed by atoms with Crippen molar-refractivity contribution in [1.29, 1.82) is 4.78 Å². The molecular formula is C36H46N6O6S. The quantitative estimate of drug-likeness (QED) is 0.310. The van der Waals surface area contributed by atoms with Gasteiger partial charge in [0.05, 0.1) is 23.3 Å². The fourth-order valence-corrected chi connectivity index (χ4v) is 8.37. The first-order valence-corrected chi connectivity index (χ1v) is 18.7. The van der Waals surface area contributed by atoms with Crippen molar-refractivity contribution in [1.82, 2.24) is 25.2 Å². The maximum Gasteiger partial charge on any atom is 0.315 e. The lowest BCUT2D eigenvalue weighted by molar-refractivity contribution is -0.142. The molecule has 2 saturated carbocycles. The molecule has 262 valence electrons. The van der Waals surface area contributed by atoms with Crippen molar-refractivity contribution in [2.45, 2.75) is 89.2 Å². The zero-order valence-electron chi connectivity index (χ0n) is 28.3. The Labute approximate surface area is 287 Å². The van der Waals surface area contributed by atoms with Gasteiger partial charge < -0.3 is 20.3 Å². The molecule has 3 fully saturated rings. The van der Waals surface area contributed by atoms with Gasteiger partial charge in [-0.3, -0.25) is 19.1 Å². The molecule has 2 aliphatic heterocycles. The third-order valence-electron chi connectivity index (χ3n) is 10.1. The minimum absolute atomic E-state index is 0.0646. The average molecular weight is 691 g/mol. The smallest absolute Gasteiger partial charge is 0.315 e. The van der Waals surface area contributed by atoms with Gasteiger partial charge in [0, 0.05) is 31.0 Å². The number of rotatable bonds is 7. The van der Waals surface area contributed by atoms with Crippen LogP contribution in [-0.4, -0.2) is 74.2 Å². The van der Waals surface area contributed by atoms with Gasteiger partial charge >= 0.3 is 6.03 Å². The van der Waals surface area contributed by atoms with Crippen molar-refractivity contribution < 1.29 is 28.1 Å². The van der Waals surface area contributed by atoms with Crippen LogP contribution < -0.4 is 20.1 Å². The minimum atomic E-state index is -3.34. The molecule has 4 bridgehead atoms. The molecule has 12 nitrogen and oxygen atoms in total. The van der Waals surface area contributed by atoms with Crippen LogP contribution in [0.4, 0.5) is 4.79 Å². The van der Waals surface area contributed by atoms with E-state index in [9.17, 15) is 23.4 Å². The van der Waals surface area contributed by atoms with Gasteiger partial charge in [0.1, 0.15) is 22.1 Å². The first kappa shape index (κ1) is 34.6. The average Bonchev–Trinajstić information content (AvgIpc) is 3.97. The first-order valence-electron chi connectivity index (χ1n) is 17.0. The van der Waals surface area contributed by atoms with Gasteiger partial charge in [-0.15, -0.1) is 6.58 Å². The second-order valence-electron chi connectivity index (χ2n) is 14.9. The lowest BCUT2D eigenvalue weighted by Crippen LogP contribution is -2.58. The van der Waals surface area contributed by atoms with Gasteiger partial charge in [-0.25, -0.2) is 18.8 Å². The van der Waals surface area contributed by atoms with Crippen molar-refractivity contribution in [3.8, 4) is 5.88 Å². The topological polar surface area (TPSA) is 171 Å². The number of urea groups is 1. The van der Waals surface area contributed by atoms with E-state index in [0.717, 1.165) is 22.8 Å². The highest BCUT2D eigenvalue weighted by Gasteiger charge is 2.61. The van der Waals surface area contributed by atoms with Gasteiger partial charge in [-0.2, -0.15) is 0 Å². The molecule has 2 aromatic rings. The molecule has 49 heavy (non-hydrogen) atoms. The van der Waals surface area contributed by atoms with Crippen LogP contribution in [0.15, 0.2) is 49.2 Å². The lowest BCUT2D eigenvalue weighted by atomic mass is 9.85. The zero-order chi connectivity index (χ0) is 35.1. The van der Waals surface area contributed by atoms with Crippen LogP contribution in [0.25, 0.3) is 16.8 Å². The Morgan fingerprint density at radius 3 is 2.71 bits per heavy atom. The van der Waals surface area contributed by atoms with Gasteiger partial charge in [0.2, 0.25) is 17.7 Å². The molecule has 1 aromatic heterocycles. The molecular weight excluding hydrogens is 644 g/mol. The van der Waals surface area contributed by atoms with Crippen LogP contribution in [0, 0.1) is 21.5 Å². The van der Waals surface area contributed by atoms with Crippen molar-refractivity contribution >= 4 is 50.4 Å². The standard InChI is InChI=1S/C36H46N6O6S/c1-5-24-19-36(24,33(45)41-49(37,47)26-12-13-26)20-29(43)28-18-25-21-42(28)32(44)30(35(2,3)4)40-34(46)39-15-8-6-7-9-22-10-11-23-14-16-38-31(48-25)27(23)17-22/h5,7,9-11,14,16-17,24-26,28,30H,1,6,8,12-13,15,18-21H2,2-4H3,(H2,39,40,46)(H2,37,41,45,47)/b9-7+/t24-,25-,28+,30-,36-,49?/m1/s1. The number of pyridine rings is 1. The predicted molar refractivity (Wildman–Crippen MR) is 187 cm³/mol. The first-order chi connectivity index (χ1) is 23.2. The number of fused-ring (bicyclic) bond motifs is 3. The van der Waals surface area contributed by atoms with Crippen LogP contribution in [0.1, 0.15) is 71.3 Å². The van der Waals surface area contributed by atoms with Crippen LogP contribution in [0.3, 0.4) is 0 Å². The minimum Gasteiger partial charge on any atom is -0.472 e. The number of nitrogens with zero attached hydrogens (tertiary/aromatic N) is 2. The van der Waals surface area contributed by atoms with Crippen LogP contribution in [-0.2, 0) is 24.3 Å². The van der Waals surface area contributed by atoms with E-state index in [4.69, 9.17) is 9.52 Å². The molecule has 4 N–H and O–H groups in total. The molecule has 4 aliphatic rings. The van der Waals surface area contributed by atoms with E-state index in [1.807, 2.05) is 57.2 Å². The van der Waals surface area contributed by atoms with Crippen LogP contribution in [0.5, 0.6) is 5.88 Å². The number of benzene rings is 1. The molecule has 6 rings (SSSR count). The van der Waals surface area contributed by atoms with E-state index in [-0.39, 0.29) is 36.3 Å². The summed E-state index contributed by atoms with van der Waals surface area (Å²) in [6, 6.07) is 5.49. The van der Waals surface area contributed by atoms with E-state index in [2.05, 4.69) is 26.9 Å². The monoisotopic (exact) mass is 690 g/mol. The van der Waals surface area contributed by atoms with E-state index >= 15 is 0 Å². The largest absolute Gasteiger partial charge is 0.472 e. The summed E-state index contributed by atoms with van der Waals surface area (Å²) in [4.78, 5) is 61.3. The molecule has 3 heterocycles. The fraction of sp³-hybridized carbons (Fsp3) is 0.528. The maximum absolute atomic E-state index is 14.4. The number of ketones is 1. The number of carbonyl (C=O) groups is 4. The zero-order valence-corrected chi connectivity index (χ0v) is 29.1. The van der Waals surface area contributed by atoms with E-state index in [0.29, 0.717) is 38.1 Å². The molecule has 1 saturated heterocycles. The molecule has 2 aliphatic carbocycles. The third kappa shape index (κ3) is 7.36. The number of allylic oxidation sites excluding steroid dienone is 2. The molecule has 1 aromatic carbocycles. The molecule has 6 atom stereocenters. The summed E-state index contributed by atoms with van der Waals surface area (Å²) in [6.07, 6.45) is 9.67. The van der Waals surface area contributed by atoms with E-state index < -0.39 is 56.8 Å². The van der Waals surface area contributed by atoms with E-state index in [1.165, 1.54) is 4.90 Å². The highest BCUT2D eigenvalue weighted by molar-refractivity contribution is 7.92. The molecule has 0 radical (unpaired) electrons. The highest BCUT2D eigenvalue weighted by Crippen LogP contribution is 2.57.